The smallest absolute Gasteiger partial charge is 0.355 e. The average molecular weight is 424 g/mol. The highest BCUT2D eigenvalue weighted by Crippen LogP contribution is 2.29. The Morgan fingerprint density at radius 1 is 1.10 bits per heavy atom. The highest BCUT2D eigenvalue weighted by Gasteiger charge is 2.30. The zero-order chi connectivity index (χ0) is 20.9. The molecule has 1 N–H and O–H groups in total. The minimum Gasteiger partial charge on any atom is -0.355 e. The van der Waals surface area contributed by atoms with Crippen LogP contribution < -0.4 is 5.32 Å². The van der Waals surface area contributed by atoms with Crippen molar-refractivity contribution < 1.29 is 22.8 Å². The molecule has 4 nitrogen and oxygen atoms in total. The molecule has 1 saturated heterocycles. The van der Waals surface area contributed by atoms with Crippen LogP contribution in [0, 0.1) is 5.92 Å². The zero-order valence-electron chi connectivity index (χ0n) is 15.9. The number of thiophene rings is 1. The van der Waals surface area contributed by atoms with Crippen LogP contribution in [-0.4, -0.2) is 36.3 Å². The number of piperidine rings is 1. The molecule has 0 aliphatic carbocycles. The van der Waals surface area contributed by atoms with Crippen LogP contribution in [0.25, 0.3) is 0 Å². The Hall–Kier alpha value is -2.35. The van der Waals surface area contributed by atoms with Crippen molar-refractivity contribution in [3.63, 3.8) is 0 Å². The van der Waals surface area contributed by atoms with Gasteiger partial charge in [0.2, 0.25) is 11.8 Å². The summed E-state index contributed by atoms with van der Waals surface area (Å²) in [6, 6.07) is 8.70. The third-order valence-corrected chi connectivity index (χ3v) is 6.04. The summed E-state index contributed by atoms with van der Waals surface area (Å²) in [4.78, 5) is 27.7. The fourth-order valence-electron chi connectivity index (χ4n) is 3.40. The van der Waals surface area contributed by atoms with Gasteiger partial charge in [-0.25, -0.2) is 0 Å². The molecule has 0 bridgehead atoms. The molecule has 1 aromatic heterocycles. The highest BCUT2D eigenvalue weighted by molar-refractivity contribution is 7.09. The molecule has 1 aliphatic rings. The fraction of sp³-hybridized carbons (Fsp3) is 0.429. The van der Waals surface area contributed by atoms with Gasteiger partial charge in [0.25, 0.3) is 0 Å². The lowest BCUT2D eigenvalue weighted by atomic mass is 9.95. The molecule has 0 radical (unpaired) electrons. The van der Waals surface area contributed by atoms with Crippen LogP contribution in [-0.2, 0) is 28.6 Å². The van der Waals surface area contributed by atoms with Crippen LogP contribution >= 0.6 is 11.3 Å². The second kappa shape index (κ2) is 9.43. The number of carbonyl (C=O) groups is 2. The molecule has 0 atom stereocenters. The minimum atomic E-state index is -4.38. The van der Waals surface area contributed by atoms with E-state index in [0.717, 1.165) is 18.6 Å². The summed E-state index contributed by atoms with van der Waals surface area (Å²) in [5, 5.41) is 4.97. The van der Waals surface area contributed by atoms with Gasteiger partial charge >= 0.3 is 6.18 Å². The minimum absolute atomic E-state index is 0.0244. The molecular formula is C21H23F3N2O2S. The van der Waals surface area contributed by atoms with E-state index in [-0.39, 0.29) is 24.2 Å². The number of nitrogens with one attached hydrogen (secondary N) is 1. The number of hydrogen-bond donors (Lipinski definition) is 1. The number of nitrogens with zero attached hydrogens (tertiary/aromatic N) is 1. The SMILES string of the molecule is O=C(NCCc1cccs1)C1CCN(C(=O)Cc2ccc(C(F)(F)F)cc2)CC1. The molecule has 3 rings (SSSR count). The Morgan fingerprint density at radius 2 is 1.79 bits per heavy atom. The number of rotatable bonds is 6. The van der Waals surface area contributed by atoms with Gasteiger partial charge in [0.15, 0.2) is 0 Å². The van der Waals surface area contributed by atoms with Gasteiger partial charge in [-0.15, -0.1) is 11.3 Å². The van der Waals surface area contributed by atoms with Gasteiger partial charge in [-0.3, -0.25) is 9.59 Å². The molecule has 156 valence electrons. The van der Waals surface area contributed by atoms with Gasteiger partial charge < -0.3 is 10.2 Å². The average Bonchev–Trinajstić information content (AvgIpc) is 3.21. The molecule has 29 heavy (non-hydrogen) atoms. The molecule has 0 saturated carbocycles. The van der Waals surface area contributed by atoms with E-state index in [2.05, 4.69) is 5.32 Å². The Morgan fingerprint density at radius 3 is 2.38 bits per heavy atom. The first kappa shape index (κ1) is 21.4. The number of alkyl halides is 3. The van der Waals surface area contributed by atoms with E-state index in [1.165, 1.54) is 17.0 Å². The van der Waals surface area contributed by atoms with Crippen LogP contribution in [0.3, 0.4) is 0 Å². The maximum Gasteiger partial charge on any atom is 0.416 e. The van der Waals surface area contributed by atoms with Crippen molar-refractivity contribution in [3.8, 4) is 0 Å². The lowest BCUT2D eigenvalue weighted by Crippen LogP contribution is -2.43. The molecule has 1 aromatic carbocycles. The first-order valence-electron chi connectivity index (χ1n) is 9.57. The van der Waals surface area contributed by atoms with Gasteiger partial charge in [-0.2, -0.15) is 13.2 Å². The molecule has 2 aromatic rings. The summed E-state index contributed by atoms with van der Waals surface area (Å²) in [5.74, 6) is -0.203. The van der Waals surface area contributed by atoms with E-state index >= 15 is 0 Å². The summed E-state index contributed by atoms with van der Waals surface area (Å²) >= 11 is 1.67. The van der Waals surface area contributed by atoms with E-state index in [1.54, 1.807) is 16.2 Å². The van der Waals surface area contributed by atoms with Crippen molar-refractivity contribution in [1.82, 2.24) is 10.2 Å². The molecule has 2 heterocycles. The van der Waals surface area contributed by atoms with E-state index in [0.29, 0.717) is 38.0 Å². The lowest BCUT2D eigenvalue weighted by Gasteiger charge is -2.31. The molecule has 1 fully saturated rings. The van der Waals surface area contributed by atoms with Gasteiger partial charge in [0.1, 0.15) is 0 Å². The quantitative estimate of drug-likeness (QED) is 0.765. The van der Waals surface area contributed by atoms with Crippen LogP contribution in [0.5, 0.6) is 0 Å². The van der Waals surface area contributed by atoms with Crippen molar-refractivity contribution in [2.45, 2.75) is 31.9 Å². The third-order valence-electron chi connectivity index (χ3n) is 5.11. The maximum absolute atomic E-state index is 12.6. The van der Waals surface area contributed by atoms with Crippen molar-refractivity contribution in [2.75, 3.05) is 19.6 Å². The van der Waals surface area contributed by atoms with Crippen LogP contribution in [0.1, 0.15) is 28.8 Å². The van der Waals surface area contributed by atoms with E-state index in [1.807, 2.05) is 17.5 Å². The standard InChI is InChI=1S/C21H23F3N2O2S/c22-21(23,24)17-5-3-15(4-6-17)14-19(27)26-11-8-16(9-12-26)20(28)25-10-7-18-2-1-13-29-18/h1-6,13,16H,7-12,14H2,(H,25,28). The Balaban J connectivity index is 1.41. The number of amides is 2. The topological polar surface area (TPSA) is 49.4 Å². The predicted molar refractivity (Wildman–Crippen MR) is 105 cm³/mol. The van der Waals surface area contributed by atoms with Gasteiger partial charge in [-0.05, 0) is 48.4 Å². The number of likely N-dealkylation sites (tertiary alicyclic amines) is 1. The summed E-state index contributed by atoms with van der Waals surface area (Å²) in [7, 11) is 0. The highest BCUT2D eigenvalue weighted by atomic mass is 32.1. The summed E-state index contributed by atoms with van der Waals surface area (Å²) < 4.78 is 37.8. The fourth-order valence-corrected chi connectivity index (χ4v) is 4.11. The van der Waals surface area contributed by atoms with Crippen LogP contribution in [0.2, 0.25) is 0 Å². The lowest BCUT2D eigenvalue weighted by molar-refractivity contribution is -0.137. The Labute approximate surface area is 171 Å². The number of halogens is 3. The van der Waals surface area contributed by atoms with Crippen molar-refractivity contribution in [1.29, 1.82) is 0 Å². The summed E-state index contributed by atoms with van der Waals surface area (Å²) in [5.41, 5.74) is -0.170. The molecule has 2 amide bonds. The van der Waals surface area contributed by atoms with Crippen molar-refractivity contribution in [2.24, 2.45) is 5.92 Å². The number of hydrogen-bond acceptors (Lipinski definition) is 3. The monoisotopic (exact) mass is 424 g/mol. The maximum atomic E-state index is 12.6. The van der Waals surface area contributed by atoms with Crippen LogP contribution in [0.15, 0.2) is 41.8 Å². The van der Waals surface area contributed by atoms with Crippen molar-refractivity contribution >= 4 is 23.2 Å². The number of benzene rings is 1. The second-order valence-electron chi connectivity index (χ2n) is 7.15. The first-order valence-corrected chi connectivity index (χ1v) is 10.4. The van der Waals surface area contributed by atoms with Gasteiger partial charge in [0, 0.05) is 30.4 Å². The summed E-state index contributed by atoms with van der Waals surface area (Å²) in [6.45, 7) is 1.58. The predicted octanol–water partition coefficient (Wildman–Crippen LogP) is 3.91. The summed E-state index contributed by atoms with van der Waals surface area (Å²) in [6.07, 6.45) is -2.30. The first-order chi connectivity index (χ1) is 13.8. The van der Waals surface area contributed by atoms with E-state index < -0.39 is 11.7 Å². The number of carbonyl (C=O) groups excluding carboxylic acids is 2. The largest absolute Gasteiger partial charge is 0.416 e. The molecule has 8 heteroatoms. The Kier molecular flexibility index (Phi) is 6.95. The molecule has 0 spiro atoms. The van der Waals surface area contributed by atoms with E-state index in [4.69, 9.17) is 0 Å². The molecule has 1 aliphatic heterocycles. The van der Waals surface area contributed by atoms with Crippen molar-refractivity contribution in [3.05, 3.63) is 57.8 Å². The van der Waals surface area contributed by atoms with Gasteiger partial charge in [0.05, 0.1) is 12.0 Å². The molecule has 0 unspecified atom stereocenters. The van der Waals surface area contributed by atoms with Gasteiger partial charge in [-0.1, -0.05) is 18.2 Å². The normalized spacial score (nSPS) is 15.3. The Bertz CT molecular complexity index is 811. The van der Waals surface area contributed by atoms with Crippen LogP contribution in [0.4, 0.5) is 13.2 Å². The second-order valence-corrected chi connectivity index (χ2v) is 8.18. The molecular weight excluding hydrogens is 401 g/mol. The third kappa shape index (κ3) is 6.06. The van der Waals surface area contributed by atoms with E-state index in [9.17, 15) is 22.8 Å². The zero-order valence-corrected chi connectivity index (χ0v) is 16.7.